The number of nitrogens with two attached hydrogens (primary N) is 1. The Morgan fingerprint density at radius 1 is 1.32 bits per heavy atom. The lowest BCUT2D eigenvalue weighted by molar-refractivity contribution is -0.383. The Labute approximate surface area is 141 Å². The fourth-order valence-electron chi connectivity index (χ4n) is 2.33. The number of hydrogen-bond acceptors (Lipinski definition) is 6. The van der Waals surface area contributed by atoms with Crippen molar-refractivity contribution in [1.29, 1.82) is 0 Å². The first-order valence-corrected chi connectivity index (χ1v) is 7.32. The number of amides is 2. The summed E-state index contributed by atoms with van der Waals surface area (Å²) in [5.74, 6) is -0.335. The van der Waals surface area contributed by atoms with Gasteiger partial charge in [-0.3, -0.25) is 19.7 Å². The van der Waals surface area contributed by atoms with E-state index < -0.39 is 16.9 Å². The molecule has 9 nitrogen and oxygen atoms in total. The first kappa shape index (κ1) is 16.2. The quantitative estimate of drug-likeness (QED) is 0.444. The van der Waals surface area contributed by atoms with Gasteiger partial charge in [0.15, 0.2) is 6.10 Å². The molecule has 2 aromatic carbocycles. The van der Waals surface area contributed by atoms with Gasteiger partial charge < -0.3 is 21.1 Å². The first-order valence-electron chi connectivity index (χ1n) is 7.32. The Morgan fingerprint density at radius 3 is 2.80 bits per heavy atom. The average Bonchev–Trinajstić information content (AvgIpc) is 2.56. The van der Waals surface area contributed by atoms with Gasteiger partial charge in [0.2, 0.25) is 0 Å². The van der Waals surface area contributed by atoms with Crippen LogP contribution in [0.5, 0.6) is 5.75 Å². The van der Waals surface area contributed by atoms with Crippen LogP contribution in [0.4, 0.5) is 22.7 Å². The first-order chi connectivity index (χ1) is 11.8. The maximum atomic E-state index is 12.3. The molecule has 1 atom stereocenters. The minimum absolute atomic E-state index is 0.0238. The van der Waals surface area contributed by atoms with Gasteiger partial charge in [0.1, 0.15) is 11.4 Å². The normalized spacial score (nSPS) is 15.6. The number of rotatable bonds is 3. The lowest BCUT2D eigenvalue weighted by Gasteiger charge is -2.23. The van der Waals surface area contributed by atoms with E-state index in [1.165, 1.54) is 12.1 Å². The lowest BCUT2D eigenvalue weighted by atomic mass is 10.1. The van der Waals surface area contributed by atoms with Crippen molar-refractivity contribution in [3.63, 3.8) is 0 Å². The summed E-state index contributed by atoms with van der Waals surface area (Å²) in [5.41, 5.74) is 6.08. The van der Waals surface area contributed by atoms with E-state index in [9.17, 15) is 19.7 Å². The van der Waals surface area contributed by atoms with E-state index >= 15 is 0 Å². The standard InChI is InChI=1S/C16H14N4O5/c1-8-15(21)19-12-7-10(3-5-14(12)25-8)18-16(22)9-2-4-11(17)13(6-9)20(23)24/h2-8H,17H2,1H3,(H,18,22)(H,19,21). The van der Waals surface area contributed by atoms with Crippen molar-refractivity contribution in [2.24, 2.45) is 0 Å². The van der Waals surface area contributed by atoms with E-state index in [-0.39, 0.29) is 22.8 Å². The molecule has 1 aliphatic heterocycles. The molecule has 0 radical (unpaired) electrons. The largest absolute Gasteiger partial charge is 0.479 e. The molecule has 0 fully saturated rings. The molecule has 1 unspecified atom stereocenters. The summed E-state index contributed by atoms with van der Waals surface area (Å²) in [6.45, 7) is 1.63. The highest BCUT2D eigenvalue weighted by atomic mass is 16.6. The summed E-state index contributed by atoms with van der Waals surface area (Å²) >= 11 is 0. The number of anilines is 3. The minimum atomic E-state index is -0.654. The van der Waals surface area contributed by atoms with Crippen LogP contribution in [0.1, 0.15) is 17.3 Å². The molecule has 128 valence electrons. The van der Waals surface area contributed by atoms with Gasteiger partial charge in [0, 0.05) is 17.3 Å². The highest BCUT2D eigenvalue weighted by molar-refractivity contribution is 6.06. The van der Waals surface area contributed by atoms with Crippen molar-refractivity contribution >= 4 is 34.6 Å². The van der Waals surface area contributed by atoms with Crippen LogP contribution in [-0.4, -0.2) is 22.8 Å². The molecule has 0 saturated heterocycles. The Morgan fingerprint density at radius 2 is 2.08 bits per heavy atom. The number of nitrogen functional groups attached to an aromatic ring is 1. The van der Waals surface area contributed by atoms with Crippen LogP contribution >= 0.6 is 0 Å². The number of nitrogens with one attached hydrogen (secondary N) is 2. The van der Waals surface area contributed by atoms with E-state index in [4.69, 9.17) is 10.5 Å². The summed E-state index contributed by atoms with van der Waals surface area (Å²) in [6, 6.07) is 8.56. The summed E-state index contributed by atoms with van der Waals surface area (Å²) < 4.78 is 5.43. The summed E-state index contributed by atoms with van der Waals surface area (Å²) in [4.78, 5) is 34.2. The van der Waals surface area contributed by atoms with Gasteiger partial charge in [-0.2, -0.15) is 0 Å². The maximum Gasteiger partial charge on any atom is 0.292 e. The van der Waals surface area contributed by atoms with Crippen LogP contribution in [-0.2, 0) is 4.79 Å². The zero-order valence-corrected chi connectivity index (χ0v) is 13.1. The molecule has 2 amide bonds. The maximum absolute atomic E-state index is 12.3. The monoisotopic (exact) mass is 342 g/mol. The van der Waals surface area contributed by atoms with Crippen LogP contribution in [0.25, 0.3) is 0 Å². The fourth-order valence-corrected chi connectivity index (χ4v) is 2.33. The van der Waals surface area contributed by atoms with E-state index in [1.807, 2.05) is 0 Å². The Hall–Kier alpha value is -3.62. The summed E-state index contributed by atoms with van der Waals surface area (Å²) in [6.07, 6.45) is -0.594. The number of ether oxygens (including phenoxy) is 1. The van der Waals surface area contributed by atoms with Gasteiger partial charge >= 0.3 is 0 Å². The Balaban J connectivity index is 1.82. The highest BCUT2D eigenvalue weighted by Gasteiger charge is 2.24. The van der Waals surface area contributed by atoms with Crippen LogP contribution in [0.2, 0.25) is 0 Å². The molecule has 0 aromatic heterocycles. The predicted octanol–water partition coefficient (Wildman–Crippen LogP) is 2.15. The van der Waals surface area contributed by atoms with Crippen LogP contribution in [0, 0.1) is 10.1 Å². The van der Waals surface area contributed by atoms with E-state index in [1.54, 1.807) is 25.1 Å². The van der Waals surface area contributed by atoms with Crippen molar-refractivity contribution in [3.05, 3.63) is 52.1 Å². The zero-order valence-electron chi connectivity index (χ0n) is 13.1. The van der Waals surface area contributed by atoms with Crippen LogP contribution in [0.15, 0.2) is 36.4 Å². The molecular formula is C16H14N4O5. The second-order valence-electron chi connectivity index (χ2n) is 5.45. The van der Waals surface area contributed by atoms with E-state index in [0.717, 1.165) is 6.07 Å². The molecule has 1 heterocycles. The molecule has 0 aliphatic carbocycles. The summed E-state index contributed by atoms with van der Waals surface area (Å²) in [5, 5.41) is 16.2. The topological polar surface area (TPSA) is 137 Å². The van der Waals surface area contributed by atoms with Crippen LogP contribution in [0.3, 0.4) is 0 Å². The Kier molecular flexibility index (Phi) is 3.97. The highest BCUT2D eigenvalue weighted by Crippen LogP contribution is 2.32. The predicted molar refractivity (Wildman–Crippen MR) is 90.6 cm³/mol. The third-order valence-corrected chi connectivity index (χ3v) is 3.66. The number of carbonyl (C=O) groups is 2. The third kappa shape index (κ3) is 3.20. The molecular weight excluding hydrogens is 328 g/mol. The zero-order chi connectivity index (χ0) is 18.1. The molecule has 3 rings (SSSR count). The average molecular weight is 342 g/mol. The van der Waals surface area contributed by atoms with Crippen molar-refractivity contribution in [2.75, 3.05) is 16.4 Å². The number of nitro groups is 1. The minimum Gasteiger partial charge on any atom is -0.479 e. The molecule has 1 aliphatic rings. The van der Waals surface area contributed by atoms with Gasteiger partial charge in [-0.1, -0.05) is 0 Å². The number of hydrogen-bond donors (Lipinski definition) is 3. The van der Waals surface area contributed by atoms with Crippen LogP contribution < -0.4 is 21.1 Å². The number of fused-ring (bicyclic) bond motifs is 1. The fraction of sp³-hybridized carbons (Fsp3) is 0.125. The smallest absolute Gasteiger partial charge is 0.292 e. The van der Waals surface area contributed by atoms with E-state index in [2.05, 4.69) is 10.6 Å². The SMILES string of the molecule is CC1Oc2ccc(NC(=O)c3ccc(N)c([N+](=O)[O-])c3)cc2NC1=O. The van der Waals surface area contributed by atoms with Gasteiger partial charge in [0.05, 0.1) is 10.6 Å². The van der Waals surface area contributed by atoms with Crippen molar-refractivity contribution in [2.45, 2.75) is 13.0 Å². The third-order valence-electron chi connectivity index (χ3n) is 3.66. The Bertz CT molecular complexity index is 896. The van der Waals surface area contributed by atoms with Gasteiger partial charge in [-0.05, 0) is 37.3 Å². The van der Waals surface area contributed by atoms with Crippen molar-refractivity contribution in [1.82, 2.24) is 0 Å². The molecule has 2 aromatic rings. The molecule has 9 heteroatoms. The summed E-state index contributed by atoms with van der Waals surface area (Å²) in [7, 11) is 0. The lowest BCUT2D eigenvalue weighted by Crippen LogP contribution is -2.34. The second-order valence-corrected chi connectivity index (χ2v) is 5.45. The van der Waals surface area contributed by atoms with Crippen molar-refractivity contribution in [3.8, 4) is 5.75 Å². The molecule has 0 spiro atoms. The van der Waals surface area contributed by atoms with Gasteiger partial charge in [0.25, 0.3) is 17.5 Å². The second kappa shape index (κ2) is 6.11. The molecule has 25 heavy (non-hydrogen) atoms. The number of benzene rings is 2. The van der Waals surface area contributed by atoms with Crippen molar-refractivity contribution < 1.29 is 19.2 Å². The van der Waals surface area contributed by atoms with Gasteiger partial charge in [-0.15, -0.1) is 0 Å². The number of nitrogens with zero attached hydrogens (tertiary/aromatic N) is 1. The number of carbonyl (C=O) groups excluding carboxylic acids is 2. The van der Waals surface area contributed by atoms with E-state index in [0.29, 0.717) is 17.1 Å². The van der Waals surface area contributed by atoms with Gasteiger partial charge in [-0.25, -0.2) is 0 Å². The number of nitro benzene ring substituents is 1. The molecule has 0 bridgehead atoms. The molecule has 0 saturated carbocycles. The molecule has 4 N–H and O–H groups in total.